The fourth-order valence-electron chi connectivity index (χ4n) is 1.59. The average Bonchev–Trinajstić information content (AvgIpc) is 2.83. The molecule has 1 aromatic carbocycles. The molecule has 5 heteroatoms. The number of carbonyl (C=O) groups is 1. The van der Waals surface area contributed by atoms with Gasteiger partial charge in [-0.2, -0.15) is 0 Å². The molecule has 2 aromatic rings. The minimum Gasteiger partial charge on any atom is -0.480 e. The van der Waals surface area contributed by atoms with Gasteiger partial charge in [0.25, 0.3) is 0 Å². The average molecular weight is 268 g/mol. The van der Waals surface area contributed by atoms with Crippen LogP contribution in [0.15, 0.2) is 47.1 Å². The SMILES string of the molecule is Cl.NC(Cc1ccc(-c2ccco2)cc1)C(=O)O. The standard InChI is InChI=1S/C13H13NO3.ClH/c14-11(13(15)16)8-9-3-5-10(6-4-9)12-2-1-7-17-12;/h1-7,11H,8,14H2,(H,15,16);1H. The molecule has 0 fully saturated rings. The molecule has 1 aromatic heterocycles. The lowest BCUT2D eigenvalue weighted by atomic mass is 10.0. The van der Waals surface area contributed by atoms with E-state index in [0.29, 0.717) is 6.42 Å². The van der Waals surface area contributed by atoms with E-state index in [1.54, 1.807) is 6.26 Å². The van der Waals surface area contributed by atoms with Crippen LogP contribution in [0.2, 0.25) is 0 Å². The highest BCUT2D eigenvalue weighted by atomic mass is 35.5. The van der Waals surface area contributed by atoms with Crippen molar-refractivity contribution in [2.24, 2.45) is 5.73 Å². The van der Waals surface area contributed by atoms with Crippen molar-refractivity contribution in [3.8, 4) is 11.3 Å². The summed E-state index contributed by atoms with van der Waals surface area (Å²) in [5.41, 5.74) is 7.32. The molecule has 0 saturated heterocycles. The van der Waals surface area contributed by atoms with Gasteiger partial charge in [-0.15, -0.1) is 12.4 Å². The lowest BCUT2D eigenvalue weighted by Crippen LogP contribution is -2.32. The first kappa shape index (κ1) is 14.3. The van der Waals surface area contributed by atoms with Gasteiger partial charge in [0, 0.05) is 5.56 Å². The van der Waals surface area contributed by atoms with Crippen LogP contribution < -0.4 is 5.73 Å². The van der Waals surface area contributed by atoms with E-state index in [2.05, 4.69) is 0 Å². The fraction of sp³-hybridized carbons (Fsp3) is 0.154. The Bertz CT molecular complexity index is 493. The Morgan fingerprint density at radius 3 is 2.44 bits per heavy atom. The van der Waals surface area contributed by atoms with E-state index < -0.39 is 12.0 Å². The number of hydrogen-bond acceptors (Lipinski definition) is 3. The van der Waals surface area contributed by atoms with Crippen molar-refractivity contribution in [1.82, 2.24) is 0 Å². The van der Waals surface area contributed by atoms with Gasteiger partial charge in [0.15, 0.2) is 0 Å². The van der Waals surface area contributed by atoms with Crippen LogP contribution in [0.4, 0.5) is 0 Å². The van der Waals surface area contributed by atoms with Gasteiger partial charge in [0.05, 0.1) is 6.26 Å². The Hall–Kier alpha value is -1.78. The highest BCUT2D eigenvalue weighted by Gasteiger charge is 2.11. The Labute approximate surface area is 111 Å². The van der Waals surface area contributed by atoms with E-state index >= 15 is 0 Å². The van der Waals surface area contributed by atoms with Crippen LogP contribution >= 0.6 is 12.4 Å². The molecule has 0 aliphatic rings. The third-order valence-electron chi connectivity index (χ3n) is 2.53. The van der Waals surface area contributed by atoms with Gasteiger partial charge in [-0.05, 0) is 24.1 Å². The molecular formula is C13H14ClNO3. The zero-order valence-electron chi connectivity index (χ0n) is 9.58. The number of hydrogen-bond donors (Lipinski definition) is 2. The van der Waals surface area contributed by atoms with Gasteiger partial charge in [0.2, 0.25) is 0 Å². The minimum atomic E-state index is -0.986. The molecule has 18 heavy (non-hydrogen) atoms. The molecule has 1 atom stereocenters. The minimum absolute atomic E-state index is 0. The van der Waals surface area contributed by atoms with Crippen LogP contribution in [0, 0.1) is 0 Å². The summed E-state index contributed by atoms with van der Waals surface area (Å²) in [6.07, 6.45) is 1.94. The molecule has 0 radical (unpaired) electrons. The van der Waals surface area contributed by atoms with E-state index in [0.717, 1.165) is 16.9 Å². The monoisotopic (exact) mass is 267 g/mol. The molecule has 3 N–H and O–H groups in total. The predicted octanol–water partition coefficient (Wildman–Crippen LogP) is 2.32. The van der Waals surface area contributed by atoms with Crippen LogP contribution in [0.5, 0.6) is 0 Å². The molecule has 0 saturated carbocycles. The van der Waals surface area contributed by atoms with Gasteiger partial charge in [-0.25, -0.2) is 0 Å². The number of benzene rings is 1. The Kier molecular flexibility index (Phi) is 4.95. The van der Waals surface area contributed by atoms with Crippen LogP contribution in [-0.2, 0) is 11.2 Å². The summed E-state index contributed by atoms with van der Waals surface area (Å²) in [5, 5.41) is 8.71. The van der Waals surface area contributed by atoms with E-state index in [-0.39, 0.29) is 12.4 Å². The number of aliphatic carboxylic acids is 1. The van der Waals surface area contributed by atoms with Crippen molar-refractivity contribution in [2.75, 3.05) is 0 Å². The van der Waals surface area contributed by atoms with Gasteiger partial charge in [-0.3, -0.25) is 4.79 Å². The smallest absolute Gasteiger partial charge is 0.320 e. The van der Waals surface area contributed by atoms with Gasteiger partial charge < -0.3 is 15.3 Å². The molecule has 0 bridgehead atoms. The summed E-state index contributed by atoms with van der Waals surface area (Å²) >= 11 is 0. The number of rotatable bonds is 4. The van der Waals surface area contributed by atoms with Crippen molar-refractivity contribution < 1.29 is 14.3 Å². The van der Waals surface area contributed by atoms with E-state index in [9.17, 15) is 4.79 Å². The molecule has 2 rings (SSSR count). The Morgan fingerprint density at radius 2 is 1.94 bits per heavy atom. The molecule has 4 nitrogen and oxygen atoms in total. The zero-order chi connectivity index (χ0) is 12.3. The summed E-state index contributed by atoms with van der Waals surface area (Å²) in [6.45, 7) is 0. The zero-order valence-corrected chi connectivity index (χ0v) is 10.4. The first-order valence-corrected chi connectivity index (χ1v) is 5.28. The Balaban J connectivity index is 0.00000162. The molecule has 0 spiro atoms. The van der Waals surface area contributed by atoms with Crippen molar-refractivity contribution in [1.29, 1.82) is 0 Å². The highest BCUT2D eigenvalue weighted by Crippen LogP contribution is 2.20. The molecule has 1 unspecified atom stereocenters. The maximum atomic E-state index is 10.6. The maximum Gasteiger partial charge on any atom is 0.320 e. The van der Waals surface area contributed by atoms with E-state index in [4.69, 9.17) is 15.3 Å². The largest absolute Gasteiger partial charge is 0.480 e. The first-order valence-electron chi connectivity index (χ1n) is 5.28. The van der Waals surface area contributed by atoms with E-state index in [1.165, 1.54) is 0 Å². The molecule has 0 amide bonds. The highest BCUT2D eigenvalue weighted by molar-refractivity contribution is 5.85. The summed E-state index contributed by atoms with van der Waals surface area (Å²) in [4.78, 5) is 10.6. The Morgan fingerprint density at radius 1 is 1.28 bits per heavy atom. The number of carboxylic acids is 1. The number of nitrogens with two attached hydrogens (primary N) is 1. The summed E-state index contributed by atoms with van der Waals surface area (Å²) in [7, 11) is 0. The van der Waals surface area contributed by atoms with Crippen molar-refractivity contribution in [3.05, 3.63) is 48.2 Å². The molecule has 0 aliphatic heterocycles. The van der Waals surface area contributed by atoms with Crippen molar-refractivity contribution in [2.45, 2.75) is 12.5 Å². The first-order chi connectivity index (χ1) is 8.16. The molecular weight excluding hydrogens is 254 g/mol. The third-order valence-corrected chi connectivity index (χ3v) is 2.53. The lowest BCUT2D eigenvalue weighted by Gasteiger charge is -2.06. The lowest BCUT2D eigenvalue weighted by molar-refractivity contribution is -0.138. The van der Waals surface area contributed by atoms with Gasteiger partial charge >= 0.3 is 5.97 Å². The molecule has 0 aliphatic carbocycles. The third kappa shape index (κ3) is 3.35. The quantitative estimate of drug-likeness (QED) is 0.891. The normalized spacial score (nSPS) is 11.6. The van der Waals surface area contributed by atoms with Crippen LogP contribution in [0.3, 0.4) is 0 Å². The summed E-state index contributed by atoms with van der Waals surface area (Å²) in [5.74, 6) is -0.195. The number of furan rings is 1. The second-order valence-electron chi connectivity index (χ2n) is 3.82. The second-order valence-corrected chi connectivity index (χ2v) is 3.82. The van der Waals surface area contributed by atoms with Crippen LogP contribution in [-0.4, -0.2) is 17.1 Å². The summed E-state index contributed by atoms with van der Waals surface area (Å²) < 4.78 is 5.26. The van der Waals surface area contributed by atoms with E-state index in [1.807, 2.05) is 36.4 Å². The van der Waals surface area contributed by atoms with Crippen LogP contribution in [0.25, 0.3) is 11.3 Å². The number of halogens is 1. The summed E-state index contributed by atoms with van der Waals surface area (Å²) in [6, 6.07) is 10.3. The molecule has 1 heterocycles. The van der Waals surface area contributed by atoms with Gasteiger partial charge in [-0.1, -0.05) is 24.3 Å². The molecule has 96 valence electrons. The fourth-order valence-corrected chi connectivity index (χ4v) is 1.59. The predicted molar refractivity (Wildman–Crippen MR) is 70.7 cm³/mol. The topological polar surface area (TPSA) is 76.5 Å². The number of carboxylic acid groups (broad SMARTS) is 1. The maximum absolute atomic E-state index is 10.6. The van der Waals surface area contributed by atoms with Crippen molar-refractivity contribution in [3.63, 3.8) is 0 Å². The van der Waals surface area contributed by atoms with Gasteiger partial charge in [0.1, 0.15) is 11.8 Å². The second kappa shape index (κ2) is 6.23. The van der Waals surface area contributed by atoms with Crippen LogP contribution in [0.1, 0.15) is 5.56 Å². The van der Waals surface area contributed by atoms with Crippen molar-refractivity contribution >= 4 is 18.4 Å².